The topological polar surface area (TPSA) is 110 Å². The smallest absolute Gasteiger partial charge is 0.303 e. The van der Waals surface area contributed by atoms with Crippen LogP contribution in [-0.4, -0.2) is 50.4 Å². The Hall–Kier alpha value is -3.75. The standard InChI is InChI=1S/C36H47N5O4/c1-24(2)33-38-23-41(39-33)29-11-18-37-31(21-29)40(34(44)27-7-5-26(6-8-27)20-32(42)43)22-35-12-15-36(16-13-35,17-14-35)28-9-10-30(45-4)25(3)19-28/h9-11,18-19,21,23-24,26-27H,5-8,12-17,20,22H2,1-4H3,(H,42,43). The van der Waals surface area contributed by atoms with E-state index in [9.17, 15) is 14.7 Å². The van der Waals surface area contributed by atoms with Gasteiger partial charge in [0.1, 0.15) is 17.9 Å². The molecule has 0 aliphatic heterocycles. The second-order valence-corrected chi connectivity index (χ2v) is 14.3. The number of carbonyl (C=O) groups excluding carboxylic acids is 1. The summed E-state index contributed by atoms with van der Waals surface area (Å²) in [6.45, 7) is 6.92. The van der Waals surface area contributed by atoms with Gasteiger partial charge in [-0.05, 0) is 111 Å². The molecule has 1 amide bonds. The number of hydrogen-bond donors (Lipinski definition) is 1. The van der Waals surface area contributed by atoms with Crippen LogP contribution in [0.15, 0.2) is 42.9 Å². The SMILES string of the molecule is COc1ccc(C23CCC(CN(C(=O)C4CCC(CC(=O)O)CC4)c4cc(-n5cnc(C(C)C)n5)ccn4)(CC2)CC3)cc1C. The lowest BCUT2D eigenvalue weighted by Crippen LogP contribution is -2.52. The monoisotopic (exact) mass is 613 g/mol. The molecule has 45 heavy (non-hydrogen) atoms. The normalized spacial score (nSPS) is 26.2. The van der Waals surface area contributed by atoms with Crippen LogP contribution in [0, 0.1) is 24.2 Å². The summed E-state index contributed by atoms with van der Waals surface area (Å²) in [4.78, 5) is 36.9. The van der Waals surface area contributed by atoms with Crippen molar-refractivity contribution >= 4 is 17.7 Å². The summed E-state index contributed by atoms with van der Waals surface area (Å²) in [5, 5.41) is 14.0. The maximum Gasteiger partial charge on any atom is 0.303 e. The van der Waals surface area contributed by atoms with Crippen molar-refractivity contribution in [2.75, 3.05) is 18.6 Å². The highest BCUT2D eigenvalue weighted by molar-refractivity contribution is 5.94. The Labute approximate surface area is 266 Å². The van der Waals surface area contributed by atoms with Gasteiger partial charge in [0.05, 0.1) is 12.8 Å². The summed E-state index contributed by atoms with van der Waals surface area (Å²) in [5.74, 6) is 1.98. The first-order valence-corrected chi connectivity index (χ1v) is 16.7. The molecule has 9 nitrogen and oxygen atoms in total. The lowest BCUT2D eigenvalue weighted by atomic mass is 9.51. The predicted molar refractivity (Wildman–Crippen MR) is 173 cm³/mol. The van der Waals surface area contributed by atoms with Crippen molar-refractivity contribution in [3.63, 3.8) is 0 Å². The maximum absolute atomic E-state index is 14.4. The number of pyridine rings is 1. The molecule has 3 aromatic rings. The van der Waals surface area contributed by atoms with Crippen LogP contribution in [0.4, 0.5) is 5.82 Å². The second-order valence-electron chi connectivity index (χ2n) is 14.3. The molecule has 1 aromatic carbocycles. The fraction of sp³-hybridized carbons (Fsp3) is 0.583. The third kappa shape index (κ3) is 6.36. The van der Waals surface area contributed by atoms with Gasteiger partial charge in [0.2, 0.25) is 5.91 Å². The van der Waals surface area contributed by atoms with Gasteiger partial charge in [-0.15, -0.1) is 0 Å². The summed E-state index contributed by atoms with van der Waals surface area (Å²) in [5.41, 5.74) is 3.68. The summed E-state index contributed by atoms with van der Waals surface area (Å²) < 4.78 is 7.30. The first-order chi connectivity index (χ1) is 21.6. The molecular formula is C36H47N5O4. The molecule has 2 heterocycles. The fourth-order valence-electron chi connectivity index (χ4n) is 8.19. The van der Waals surface area contributed by atoms with E-state index in [0.29, 0.717) is 12.4 Å². The first-order valence-electron chi connectivity index (χ1n) is 16.7. The van der Waals surface area contributed by atoms with Gasteiger partial charge in [-0.1, -0.05) is 26.0 Å². The summed E-state index contributed by atoms with van der Waals surface area (Å²) in [7, 11) is 1.73. The van der Waals surface area contributed by atoms with Gasteiger partial charge in [-0.2, -0.15) is 5.10 Å². The molecule has 4 aliphatic rings. The van der Waals surface area contributed by atoms with Crippen LogP contribution in [0.5, 0.6) is 5.75 Å². The van der Waals surface area contributed by atoms with Gasteiger partial charge in [0, 0.05) is 37.1 Å². The van der Waals surface area contributed by atoms with E-state index in [1.165, 1.54) is 11.1 Å². The quantitative estimate of drug-likeness (QED) is 0.262. The molecule has 7 rings (SSSR count). The summed E-state index contributed by atoms with van der Waals surface area (Å²) in [6, 6.07) is 10.6. The number of carboxylic acid groups (broad SMARTS) is 1. The van der Waals surface area contributed by atoms with Crippen molar-refractivity contribution in [3.05, 3.63) is 59.8 Å². The van der Waals surface area contributed by atoms with E-state index in [0.717, 1.165) is 81.5 Å². The number of anilines is 1. The van der Waals surface area contributed by atoms with Crippen molar-refractivity contribution in [1.82, 2.24) is 19.7 Å². The number of benzene rings is 1. The number of aryl methyl sites for hydroxylation is 1. The Balaban J connectivity index is 1.25. The van der Waals surface area contributed by atoms with E-state index >= 15 is 0 Å². The van der Waals surface area contributed by atoms with Gasteiger partial charge >= 0.3 is 5.97 Å². The molecular weight excluding hydrogens is 566 g/mol. The van der Waals surface area contributed by atoms with E-state index in [1.54, 1.807) is 24.3 Å². The molecule has 9 heteroatoms. The Morgan fingerprint density at radius 2 is 1.73 bits per heavy atom. The molecule has 2 bridgehead atoms. The number of nitrogens with zero attached hydrogens (tertiary/aromatic N) is 5. The van der Waals surface area contributed by atoms with Crippen molar-refractivity contribution in [2.24, 2.45) is 17.3 Å². The van der Waals surface area contributed by atoms with Gasteiger partial charge in [-0.25, -0.2) is 14.6 Å². The average molecular weight is 614 g/mol. The van der Waals surface area contributed by atoms with Crippen LogP contribution < -0.4 is 9.64 Å². The number of hydrogen-bond acceptors (Lipinski definition) is 6. The second kappa shape index (κ2) is 12.6. The number of ether oxygens (including phenoxy) is 1. The molecule has 4 aliphatic carbocycles. The highest BCUT2D eigenvalue weighted by Crippen LogP contribution is 2.58. The lowest BCUT2D eigenvalue weighted by Gasteiger charge is -2.55. The molecule has 2 aromatic heterocycles. The molecule has 4 fully saturated rings. The molecule has 240 valence electrons. The first kappa shape index (κ1) is 31.2. The van der Waals surface area contributed by atoms with Gasteiger partial charge < -0.3 is 9.84 Å². The minimum atomic E-state index is -0.754. The summed E-state index contributed by atoms with van der Waals surface area (Å²) >= 11 is 0. The minimum Gasteiger partial charge on any atom is -0.496 e. The van der Waals surface area contributed by atoms with Crippen LogP contribution in [0.3, 0.4) is 0 Å². The molecule has 1 N–H and O–H groups in total. The van der Waals surface area contributed by atoms with E-state index in [1.807, 2.05) is 17.0 Å². The highest BCUT2D eigenvalue weighted by atomic mass is 16.5. The van der Waals surface area contributed by atoms with Crippen molar-refractivity contribution in [1.29, 1.82) is 0 Å². The molecule has 0 radical (unpaired) electrons. The van der Waals surface area contributed by atoms with Gasteiger partial charge in [-0.3, -0.25) is 14.5 Å². The number of aliphatic carboxylic acids is 1. The van der Waals surface area contributed by atoms with Gasteiger partial charge in [0.25, 0.3) is 0 Å². The number of carbonyl (C=O) groups is 2. The van der Waals surface area contributed by atoms with Crippen LogP contribution >= 0.6 is 0 Å². The Bertz CT molecular complexity index is 1520. The van der Waals surface area contributed by atoms with Crippen molar-refractivity contribution in [3.8, 4) is 11.4 Å². The van der Waals surface area contributed by atoms with Crippen molar-refractivity contribution < 1.29 is 19.4 Å². The Morgan fingerprint density at radius 3 is 2.33 bits per heavy atom. The third-order valence-corrected chi connectivity index (χ3v) is 11.1. The number of methoxy groups -OCH3 is 1. The number of aromatic nitrogens is 4. The van der Waals surface area contributed by atoms with Crippen LogP contribution in [0.1, 0.15) is 107 Å². The van der Waals surface area contributed by atoms with Crippen molar-refractivity contribution in [2.45, 2.75) is 103 Å². The van der Waals surface area contributed by atoms with E-state index < -0.39 is 5.97 Å². The van der Waals surface area contributed by atoms with Gasteiger partial charge in [0.15, 0.2) is 5.82 Å². The zero-order chi connectivity index (χ0) is 31.8. The van der Waals surface area contributed by atoms with Crippen LogP contribution in [-0.2, 0) is 15.0 Å². The third-order valence-electron chi connectivity index (χ3n) is 11.1. The maximum atomic E-state index is 14.4. The van der Waals surface area contributed by atoms with Crippen LogP contribution in [0.25, 0.3) is 5.69 Å². The number of rotatable bonds is 10. The highest BCUT2D eigenvalue weighted by Gasteiger charge is 2.51. The predicted octanol–water partition coefficient (Wildman–Crippen LogP) is 7.01. The summed E-state index contributed by atoms with van der Waals surface area (Å²) in [6.07, 6.45) is 13.3. The van der Waals surface area contributed by atoms with E-state index in [2.05, 4.69) is 49.1 Å². The zero-order valence-corrected chi connectivity index (χ0v) is 27.2. The molecule has 4 saturated carbocycles. The zero-order valence-electron chi connectivity index (χ0n) is 27.2. The minimum absolute atomic E-state index is 0.0508. The molecule has 0 unspecified atom stereocenters. The molecule has 0 atom stereocenters. The largest absolute Gasteiger partial charge is 0.496 e. The lowest BCUT2D eigenvalue weighted by molar-refractivity contribution is -0.138. The van der Waals surface area contributed by atoms with Crippen LogP contribution in [0.2, 0.25) is 0 Å². The number of carboxylic acids is 1. The average Bonchev–Trinajstić information content (AvgIpc) is 3.56. The van der Waals surface area contributed by atoms with E-state index in [4.69, 9.17) is 9.72 Å². The Kier molecular flexibility index (Phi) is 8.72. The number of fused-ring (bicyclic) bond motifs is 3. The number of amides is 1. The van der Waals surface area contributed by atoms with E-state index in [-0.39, 0.29) is 40.9 Å². The fourth-order valence-corrected chi connectivity index (χ4v) is 8.19. The Morgan fingerprint density at radius 1 is 1.02 bits per heavy atom. The molecule has 0 saturated heterocycles. The molecule has 0 spiro atoms.